The molecule has 0 radical (unpaired) electrons. The molecule has 2 heterocycles. The molecule has 3 aliphatic rings. The standard InChI is InChI=1S/C20H18N2OS.ClHO4/c1-3-22-17-6-4-5-7-19(17)24-20(22)12-15-10-13(2)16-9-8-14(21)11-18(16)23-15;2-1(3,4)5/h4-12,21H,3H2,1-2H3;(H,2,3,4,5)/b20-12+,21-14?;. The molecule has 0 bridgehead atoms. The third kappa shape index (κ3) is 5.39. The first-order valence-corrected chi connectivity index (χ1v) is 10.7. The molecular formula is C20H19ClN2O5S. The van der Waals surface area contributed by atoms with Crippen LogP contribution in [-0.2, 0) is 0 Å². The van der Waals surface area contributed by atoms with Gasteiger partial charge in [0.1, 0.15) is 11.5 Å². The summed E-state index contributed by atoms with van der Waals surface area (Å²) in [6.45, 7) is 5.19. The Labute approximate surface area is 174 Å². The van der Waals surface area contributed by atoms with Crippen LogP contribution in [-0.4, -0.2) is 6.54 Å². The van der Waals surface area contributed by atoms with Gasteiger partial charge in [-0.05, 0) is 43.7 Å². The minimum absolute atomic E-state index is 0.716. The second kappa shape index (κ2) is 8.58. The van der Waals surface area contributed by atoms with Crippen molar-refractivity contribution in [3.8, 4) is 11.3 Å². The molecule has 1 aliphatic carbocycles. The van der Waals surface area contributed by atoms with E-state index in [1.807, 2.05) is 18.2 Å². The Bertz CT molecular complexity index is 1070. The number of hydrogen-bond donors (Lipinski definition) is 1. The average molecular weight is 435 g/mol. The first-order valence-electron chi connectivity index (χ1n) is 8.66. The lowest BCUT2D eigenvalue weighted by Gasteiger charge is -2.18. The summed E-state index contributed by atoms with van der Waals surface area (Å²) in [5.74, 6) is 1.67. The van der Waals surface area contributed by atoms with E-state index in [9.17, 15) is 0 Å². The Balaban J connectivity index is 0.000000431. The minimum atomic E-state index is -4.94. The second-order valence-corrected chi connectivity index (χ2v) is 8.08. The Morgan fingerprint density at radius 3 is 2.48 bits per heavy atom. The quantitative estimate of drug-likeness (QED) is 0.520. The van der Waals surface area contributed by atoms with Crippen LogP contribution in [0.25, 0.3) is 17.4 Å². The van der Waals surface area contributed by atoms with E-state index < -0.39 is 10.2 Å². The van der Waals surface area contributed by atoms with Gasteiger partial charge >= 0.3 is 0 Å². The van der Waals surface area contributed by atoms with Crippen LogP contribution >= 0.6 is 11.8 Å². The maximum Gasteiger partial charge on any atom is 0.200 e. The fourth-order valence-corrected chi connectivity index (χ4v) is 4.24. The van der Waals surface area contributed by atoms with Crippen LogP contribution in [0.1, 0.15) is 18.2 Å². The molecular weight excluding hydrogens is 416 g/mol. The van der Waals surface area contributed by atoms with E-state index in [2.05, 4.69) is 55.2 Å². The SMILES string of the molecule is CCN1/C(=C\c2cc(C)c3ccc(=[NH2+])cc-3o2)Sc2ccccc21.[O-][Cl+3]([O-])([O-])[O-]. The van der Waals surface area contributed by atoms with E-state index >= 15 is 0 Å². The van der Waals surface area contributed by atoms with Crippen LogP contribution in [0.3, 0.4) is 0 Å². The highest BCUT2D eigenvalue weighted by molar-refractivity contribution is 8.03. The highest BCUT2D eigenvalue weighted by Crippen LogP contribution is 2.46. The third-order valence-corrected chi connectivity index (χ3v) is 5.35. The van der Waals surface area contributed by atoms with Gasteiger partial charge in [-0.3, -0.25) is 5.41 Å². The number of para-hydroxylation sites is 1. The predicted molar refractivity (Wildman–Crippen MR) is 98.4 cm³/mol. The van der Waals surface area contributed by atoms with Gasteiger partial charge in [-0.1, -0.05) is 23.9 Å². The monoisotopic (exact) mass is 434 g/mol. The number of benzene rings is 2. The zero-order chi connectivity index (χ0) is 21.2. The second-order valence-electron chi connectivity index (χ2n) is 6.26. The number of anilines is 1. The molecule has 0 saturated carbocycles. The van der Waals surface area contributed by atoms with Crippen molar-refractivity contribution in [2.45, 2.75) is 18.7 Å². The van der Waals surface area contributed by atoms with Gasteiger partial charge in [0.2, 0.25) is 0 Å². The molecule has 0 saturated heterocycles. The van der Waals surface area contributed by atoms with Crippen LogP contribution in [0.5, 0.6) is 0 Å². The topological polar surface area (TPSA) is 134 Å². The van der Waals surface area contributed by atoms with Crippen molar-refractivity contribution in [2.75, 3.05) is 11.4 Å². The lowest BCUT2D eigenvalue weighted by molar-refractivity contribution is -2.00. The van der Waals surface area contributed by atoms with E-state index in [0.29, 0.717) is 5.36 Å². The number of nitrogens with zero attached hydrogens (tertiary/aromatic N) is 1. The van der Waals surface area contributed by atoms with Gasteiger partial charge in [0.05, 0.1) is 16.8 Å². The van der Waals surface area contributed by atoms with Crippen LogP contribution in [0.15, 0.2) is 62.9 Å². The van der Waals surface area contributed by atoms with Gasteiger partial charge < -0.3 is 9.32 Å². The molecule has 29 heavy (non-hydrogen) atoms. The minimum Gasteiger partial charge on any atom is -0.456 e. The van der Waals surface area contributed by atoms with Crippen LogP contribution < -0.4 is 34.3 Å². The predicted octanol–water partition coefficient (Wildman–Crippen LogP) is -1.47. The molecule has 1 aromatic rings. The summed E-state index contributed by atoms with van der Waals surface area (Å²) in [7, 11) is -4.94. The van der Waals surface area contributed by atoms with Crippen LogP contribution in [0.2, 0.25) is 0 Å². The molecule has 0 aromatic heterocycles. The number of aryl methyl sites for hydroxylation is 1. The molecule has 0 amide bonds. The molecule has 0 unspecified atom stereocenters. The molecule has 4 rings (SSSR count). The molecule has 2 N–H and O–H groups in total. The van der Waals surface area contributed by atoms with E-state index in [4.69, 9.17) is 28.5 Å². The van der Waals surface area contributed by atoms with Crippen molar-refractivity contribution in [3.05, 3.63) is 70.2 Å². The normalized spacial score (nSPS) is 14.7. The zero-order valence-electron chi connectivity index (χ0n) is 15.8. The number of thioether (sulfide) groups is 1. The van der Waals surface area contributed by atoms with Crippen molar-refractivity contribution in [1.82, 2.24) is 0 Å². The Morgan fingerprint density at radius 2 is 1.79 bits per heavy atom. The van der Waals surface area contributed by atoms with E-state index in [1.165, 1.54) is 21.2 Å². The van der Waals surface area contributed by atoms with Gasteiger partial charge in [-0.2, -0.15) is 0 Å². The van der Waals surface area contributed by atoms with Gasteiger partial charge in [0, 0.05) is 29.1 Å². The van der Waals surface area contributed by atoms with Gasteiger partial charge in [0.15, 0.2) is 5.36 Å². The summed E-state index contributed by atoms with van der Waals surface area (Å²) in [5.41, 5.74) is 3.55. The van der Waals surface area contributed by atoms with E-state index in [0.717, 1.165) is 23.6 Å². The molecule has 0 spiro atoms. The summed E-state index contributed by atoms with van der Waals surface area (Å²) < 4.78 is 40.1. The summed E-state index contributed by atoms with van der Waals surface area (Å²) in [5, 5.41) is 7.80. The Kier molecular flexibility index (Phi) is 6.33. The van der Waals surface area contributed by atoms with Crippen molar-refractivity contribution in [1.29, 1.82) is 0 Å². The van der Waals surface area contributed by atoms with Crippen LogP contribution in [0.4, 0.5) is 5.69 Å². The van der Waals surface area contributed by atoms with Crippen molar-refractivity contribution in [3.63, 3.8) is 0 Å². The highest BCUT2D eigenvalue weighted by atomic mass is 35.7. The summed E-state index contributed by atoms with van der Waals surface area (Å²) in [6.07, 6.45) is 2.11. The maximum absolute atomic E-state index is 8.49. The lowest BCUT2D eigenvalue weighted by atomic mass is 10.0. The number of fused-ring (bicyclic) bond motifs is 2. The van der Waals surface area contributed by atoms with Crippen molar-refractivity contribution < 1.29 is 38.7 Å². The summed E-state index contributed by atoms with van der Waals surface area (Å²) in [4.78, 5) is 3.60. The smallest absolute Gasteiger partial charge is 0.200 e. The molecule has 1 aromatic carbocycles. The number of halogens is 1. The molecule has 7 nitrogen and oxygen atoms in total. The molecule has 0 atom stereocenters. The molecule has 9 heteroatoms. The third-order valence-electron chi connectivity index (χ3n) is 4.24. The van der Waals surface area contributed by atoms with Crippen molar-refractivity contribution >= 4 is 23.5 Å². The summed E-state index contributed by atoms with van der Waals surface area (Å²) in [6, 6.07) is 16.4. The summed E-state index contributed by atoms with van der Waals surface area (Å²) >= 11 is 1.78. The van der Waals surface area contributed by atoms with E-state index in [-0.39, 0.29) is 0 Å². The fraction of sp³-hybridized carbons (Fsp3) is 0.150. The lowest BCUT2D eigenvalue weighted by Crippen LogP contribution is -2.68. The number of rotatable bonds is 2. The maximum atomic E-state index is 8.49. The fourth-order valence-electron chi connectivity index (χ4n) is 3.08. The number of hydrogen-bond acceptors (Lipinski definition) is 7. The molecule has 2 aliphatic heterocycles. The molecule has 152 valence electrons. The Morgan fingerprint density at radius 1 is 1.10 bits per heavy atom. The molecule has 0 fully saturated rings. The largest absolute Gasteiger partial charge is 0.456 e. The zero-order valence-corrected chi connectivity index (χ0v) is 17.3. The highest BCUT2D eigenvalue weighted by Gasteiger charge is 2.23. The number of nitrogens with two attached hydrogens (primary N) is 1. The van der Waals surface area contributed by atoms with Crippen LogP contribution in [0, 0.1) is 17.2 Å². The van der Waals surface area contributed by atoms with Crippen molar-refractivity contribution in [2.24, 2.45) is 0 Å². The van der Waals surface area contributed by atoms with Gasteiger partial charge in [-0.15, -0.1) is 10.2 Å². The first-order chi connectivity index (χ1) is 13.7. The first kappa shape index (κ1) is 21.4. The Hall–Kier alpha value is -2.33. The van der Waals surface area contributed by atoms with E-state index in [1.54, 1.807) is 11.8 Å². The van der Waals surface area contributed by atoms with Gasteiger partial charge in [-0.25, -0.2) is 18.6 Å². The van der Waals surface area contributed by atoms with Gasteiger partial charge in [0.25, 0.3) is 0 Å². The average Bonchev–Trinajstić information content (AvgIpc) is 2.96.